The molecule has 2 unspecified atom stereocenters. The van der Waals surface area contributed by atoms with Crippen molar-refractivity contribution in [3.05, 3.63) is 23.8 Å². The van der Waals surface area contributed by atoms with Crippen molar-refractivity contribution in [1.29, 1.82) is 0 Å². The van der Waals surface area contributed by atoms with E-state index >= 15 is 0 Å². The van der Waals surface area contributed by atoms with Crippen molar-refractivity contribution >= 4 is 29.9 Å². The Morgan fingerprint density at radius 3 is 2.81 bits per heavy atom. The maximum absolute atomic E-state index is 12.5. The fourth-order valence-electron chi connectivity index (χ4n) is 3.15. The number of benzene rings is 1. The number of unbranched alkanes of at least 4 members (excludes halogenated alkanes) is 1. The molecule has 0 aromatic heterocycles. The first kappa shape index (κ1) is 22.3. The first-order valence-corrected chi connectivity index (χ1v) is 8.95. The maximum Gasteiger partial charge on any atom is 0.227 e. The van der Waals surface area contributed by atoms with Gasteiger partial charge in [-0.2, -0.15) is 0 Å². The highest BCUT2D eigenvalue weighted by atomic mass is 35.5. The maximum atomic E-state index is 12.5. The van der Waals surface area contributed by atoms with E-state index in [-0.39, 0.29) is 42.6 Å². The number of halogens is 1. The Morgan fingerprint density at radius 2 is 2.19 bits per heavy atom. The van der Waals surface area contributed by atoms with Gasteiger partial charge in [-0.05, 0) is 31.0 Å². The summed E-state index contributed by atoms with van der Waals surface area (Å²) in [6, 6.07) is 5.68. The van der Waals surface area contributed by atoms with Crippen LogP contribution in [0.4, 0.5) is 5.69 Å². The van der Waals surface area contributed by atoms with Gasteiger partial charge in [-0.1, -0.05) is 25.8 Å². The lowest BCUT2D eigenvalue weighted by Gasteiger charge is -2.21. The molecule has 3 N–H and O–H groups in total. The summed E-state index contributed by atoms with van der Waals surface area (Å²) in [4.78, 5) is 26.7. The molecule has 0 radical (unpaired) electrons. The van der Waals surface area contributed by atoms with Crippen LogP contribution in [0.25, 0.3) is 0 Å². The first-order valence-electron chi connectivity index (χ1n) is 8.95. The van der Waals surface area contributed by atoms with Crippen LogP contribution >= 0.6 is 12.4 Å². The van der Waals surface area contributed by atoms with Gasteiger partial charge < -0.3 is 20.7 Å². The van der Waals surface area contributed by atoms with Crippen molar-refractivity contribution in [1.82, 2.24) is 5.32 Å². The zero-order chi connectivity index (χ0) is 18.4. The molecule has 7 heteroatoms. The highest BCUT2D eigenvalue weighted by Crippen LogP contribution is 2.33. The summed E-state index contributed by atoms with van der Waals surface area (Å²) in [5, 5.41) is 3.00. The zero-order valence-corrected chi connectivity index (χ0v) is 16.6. The molecule has 1 aliphatic rings. The van der Waals surface area contributed by atoms with Crippen molar-refractivity contribution in [2.75, 3.05) is 25.1 Å². The van der Waals surface area contributed by atoms with Crippen LogP contribution in [-0.4, -0.2) is 38.1 Å². The number of rotatable bonds is 8. The number of anilines is 1. The first-order chi connectivity index (χ1) is 12.0. The molecule has 0 aliphatic carbocycles. The van der Waals surface area contributed by atoms with Crippen LogP contribution in [0.5, 0.6) is 5.75 Å². The summed E-state index contributed by atoms with van der Waals surface area (Å²) < 4.78 is 5.37. The van der Waals surface area contributed by atoms with E-state index in [0.29, 0.717) is 18.8 Å². The highest BCUT2D eigenvalue weighted by Gasteiger charge is 2.36. The second-order valence-corrected chi connectivity index (χ2v) is 6.66. The minimum Gasteiger partial charge on any atom is -0.495 e. The van der Waals surface area contributed by atoms with Crippen molar-refractivity contribution in [3.63, 3.8) is 0 Å². The number of carbonyl (C=O) groups excluding carboxylic acids is 2. The monoisotopic (exact) mass is 383 g/mol. The Labute approximate surface area is 161 Å². The van der Waals surface area contributed by atoms with Gasteiger partial charge in [0.2, 0.25) is 11.8 Å². The smallest absolute Gasteiger partial charge is 0.227 e. The third-order valence-electron chi connectivity index (χ3n) is 4.66. The average Bonchev–Trinajstić information content (AvgIpc) is 3.00. The lowest BCUT2D eigenvalue weighted by molar-refractivity contribution is -0.126. The number of hydrogen-bond acceptors (Lipinski definition) is 4. The minimum atomic E-state index is -0.353. The van der Waals surface area contributed by atoms with E-state index in [4.69, 9.17) is 10.5 Å². The minimum absolute atomic E-state index is 0. The van der Waals surface area contributed by atoms with Gasteiger partial charge in [-0.3, -0.25) is 9.59 Å². The number of methoxy groups -OCH3 is 1. The van der Waals surface area contributed by atoms with Crippen LogP contribution in [0.3, 0.4) is 0 Å². The average molecular weight is 384 g/mol. The van der Waals surface area contributed by atoms with Gasteiger partial charge in [0.15, 0.2) is 0 Å². The summed E-state index contributed by atoms with van der Waals surface area (Å²) in [5.41, 5.74) is 7.52. The fourth-order valence-corrected chi connectivity index (χ4v) is 3.15. The second kappa shape index (κ2) is 10.4. The van der Waals surface area contributed by atoms with E-state index < -0.39 is 0 Å². The molecule has 0 saturated carbocycles. The number of carbonyl (C=O) groups is 2. The lowest BCUT2D eigenvalue weighted by Crippen LogP contribution is -2.43. The number of hydrogen-bond donors (Lipinski definition) is 2. The van der Waals surface area contributed by atoms with Crippen molar-refractivity contribution in [3.8, 4) is 5.75 Å². The molecular weight excluding hydrogens is 354 g/mol. The second-order valence-electron chi connectivity index (χ2n) is 6.66. The number of nitrogens with two attached hydrogens (primary N) is 1. The van der Waals surface area contributed by atoms with E-state index in [9.17, 15) is 9.59 Å². The molecule has 2 rings (SSSR count). The van der Waals surface area contributed by atoms with Crippen LogP contribution in [0, 0.1) is 12.8 Å². The molecule has 1 aliphatic heterocycles. The van der Waals surface area contributed by atoms with E-state index in [1.807, 2.05) is 25.1 Å². The molecule has 1 aromatic rings. The van der Waals surface area contributed by atoms with E-state index in [0.717, 1.165) is 30.5 Å². The predicted molar refractivity (Wildman–Crippen MR) is 106 cm³/mol. The summed E-state index contributed by atoms with van der Waals surface area (Å²) in [6.45, 7) is 4.86. The number of ether oxygens (including phenoxy) is 1. The summed E-state index contributed by atoms with van der Waals surface area (Å²) >= 11 is 0. The summed E-state index contributed by atoms with van der Waals surface area (Å²) in [5.74, 6) is 0.145. The van der Waals surface area contributed by atoms with E-state index in [1.54, 1.807) is 12.0 Å². The number of amides is 2. The Balaban J connectivity index is 0.00000338. The highest BCUT2D eigenvalue weighted by molar-refractivity contribution is 6.01. The normalized spacial score (nSPS) is 17.6. The third-order valence-corrected chi connectivity index (χ3v) is 4.66. The topological polar surface area (TPSA) is 84.7 Å². The fraction of sp³-hybridized carbons (Fsp3) is 0.579. The molecular formula is C19H30ClN3O3. The number of aryl methyl sites for hydroxylation is 1. The molecule has 6 nitrogen and oxygen atoms in total. The predicted octanol–water partition coefficient (Wildman–Crippen LogP) is 2.41. The van der Waals surface area contributed by atoms with Crippen molar-refractivity contribution in [2.24, 2.45) is 11.7 Å². The Kier molecular flexibility index (Phi) is 8.88. The van der Waals surface area contributed by atoms with Crippen molar-refractivity contribution < 1.29 is 14.3 Å². The molecule has 2 atom stereocenters. The van der Waals surface area contributed by atoms with Crippen molar-refractivity contribution in [2.45, 2.75) is 45.6 Å². The molecule has 0 bridgehead atoms. The van der Waals surface area contributed by atoms with Gasteiger partial charge in [-0.15, -0.1) is 12.4 Å². The Bertz CT molecular complexity index is 624. The quantitative estimate of drug-likeness (QED) is 0.721. The molecule has 1 fully saturated rings. The van der Waals surface area contributed by atoms with Crippen LogP contribution < -0.4 is 20.7 Å². The zero-order valence-electron chi connectivity index (χ0n) is 15.8. The van der Waals surface area contributed by atoms with Gasteiger partial charge in [0.05, 0.1) is 18.7 Å². The SMILES string of the molecule is CCCCC(CN)NC(=O)C1CC(=O)N(c2cc(C)ccc2OC)C1.Cl. The standard InChI is InChI=1S/C19H29N3O3.ClH/c1-4-5-6-15(11-20)21-19(24)14-10-18(23)22(12-14)16-9-13(2)7-8-17(16)25-3;/h7-9,14-15H,4-6,10-12,20H2,1-3H3,(H,21,24);1H. The van der Waals surface area contributed by atoms with E-state index in [2.05, 4.69) is 12.2 Å². The Hall–Kier alpha value is -1.79. The number of nitrogens with zero attached hydrogens (tertiary/aromatic N) is 1. The van der Waals surface area contributed by atoms with Gasteiger partial charge in [0.25, 0.3) is 0 Å². The number of nitrogens with one attached hydrogen (secondary N) is 1. The van der Waals surface area contributed by atoms with Gasteiger partial charge in [-0.25, -0.2) is 0 Å². The molecule has 1 aromatic carbocycles. The Morgan fingerprint density at radius 1 is 1.46 bits per heavy atom. The van der Waals surface area contributed by atoms with Crippen LogP contribution in [-0.2, 0) is 9.59 Å². The molecule has 2 amide bonds. The molecule has 26 heavy (non-hydrogen) atoms. The van der Waals surface area contributed by atoms with Gasteiger partial charge in [0, 0.05) is 25.6 Å². The third kappa shape index (κ3) is 5.35. The molecule has 1 heterocycles. The van der Waals surface area contributed by atoms with Crippen LogP contribution in [0.15, 0.2) is 18.2 Å². The van der Waals surface area contributed by atoms with Crippen LogP contribution in [0.2, 0.25) is 0 Å². The molecule has 0 spiro atoms. The summed E-state index contributed by atoms with van der Waals surface area (Å²) in [6.07, 6.45) is 3.18. The van der Waals surface area contributed by atoms with Gasteiger partial charge >= 0.3 is 0 Å². The molecule has 1 saturated heterocycles. The lowest BCUT2D eigenvalue weighted by atomic mass is 10.1. The summed E-state index contributed by atoms with van der Waals surface area (Å²) in [7, 11) is 1.58. The largest absolute Gasteiger partial charge is 0.495 e. The molecule has 146 valence electrons. The van der Waals surface area contributed by atoms with E-state index in [1.165, 1.54) is 0 Å². The van der Waals surface area contributed by atoms with Gasteiger partial charge in [0.1, 0.15) is 5.75 Å². The van der Waals surface area contributed by atoms with Crippen LogP contribution in [0.1, 0.15) is 38.2 Å².